The molecule has 0 aliphatic heterocycles. The number of hydrogen-bond acceptors (Lipinski definition) is 4. The average Bonchev–Trinajstić information content (AvgIpc) is 2.16. The second-order valence-corrected chi connectivity index (χ2v) is 4.20. The molecule has 0 fully saturated rings. The van der Waals surface area contributed by atoms with Crippen molar-refractivity contribution in [3.05, 3.63) is 30.1 Å². The third-order valence-electron chi connectivity index (χ3n) is 1.54. The van der Waals surface area contributed by atoms with Gasteiger partial charge in [0.15, 0.2) is 0 Å². The molecule has 0 unspecified atom stereocenters. The largest absolute Gasteiger partial charge is 0.444 e. The molecule has 5 nitrogen and oxygen atoms in total. The number of alkyl carbamates (subject to hydrolysis) is 1. The van der Waals surface area contributed by atoms with E-state index in [4.69, 9.17) is 4.74 Å². The highest BCUT2D eigenvalue weighted by Crippen LogP contribution is 2.06. The van der Waals surface area contributed by atoms with Crippen molar-refractivity contribution in [3.63, 3.8) is 0 Å². The number of aromatic nitrogens is 1. The third-order valence-corrected chi connectivity index (χ3v) is 1.54. The maximum absolute atomic E-state index is 11.5. The van der Waals surface area contributed by atoms with Crippen molar-refractivity contribution in [1.82, 2.24) is 10.3 Å². The molecule has 86 valence electrons. The smallest absolute Gasteiger partial charge is 0.414 e. The van der Waals surface area contributed by atoms with Crippen LogP contribution in [0.25, 0.3) is 0 Å². The Morgan fingerprint density at radius 1 is 1.38 bits per heavy atom. The van der Waals surface area contributed by atoms with Crippen LogP contribution in [0.15, 0.2) is 24.5 Å². The van der Waals surface area contributed by atoms with Crippen LogP contribution < -0.4 is 5.32 Å². The lowest BCUT2D eigenvalue weighted by atomic mass is 10.2. The summed E-state index contributed by atoms with van der Waals surface area (Å²) >= 11 is 0. The summed E-state index contributed by atoms with van der Waals surface area (Å²) in [7, 11) is 0. The molecule has 0 spiro atoms. The summed E-state index contributed by atoms with van der Waals surface area (Å²) in [5.74, 6) is -0.526. The van der Waals surface area contributed by atoms with Crippen LogP contribution in [0.1, 0.15) is 31.1 Å². The number of ether oxygens (including phenoxy) is 1. The van der Waals surface area contributed by atoms with Crippen LogP contribution >= 0.6 is 0 Å². The lowest BCUT2D eigenvalue weighted by Crippen LogP contribution is -2.36. The lowest BCUT2D eigenvalue weighted by Gasteiger charge is -2.19. The number of imide groups is 1. The fourth-order valence-electron chi connectivity index (χ4n) is 0.966. The summed E-state index contributed by atoms with van der Waals surface area (Å²) in [6.07, 6.45) is 2.16. The van der Waals surface area contributed by atoms with Crippen LogP contribution in [0.4, 0.5) is 4.79 Å². The zero-order valence-electron chi connectivity index (χ0n) is 9.48. The second kappa shape index (κ2) is 4.74. The number of carbonyl (C=O) groups is 2. The summed E-state index contributed by atoms with van der Waals surface area (Å²) < 4.78 is 4.94. The Morgan fingerprint density at radius 3 is 2.56 bits per heavy atom. The van der Waals surface area contributed by atoms with Crippen molar-refractivity contribution >= 4 is 12.0 Å². The predicted octanol–water partition coefficient (Wildman–Crippen LogP) is 1.75. The molecule has 0 aliphatic rings. The van der Waals surface area contributed by atoms with E-state index in [9.17, 15) is 9.59 Å². The average molecular weight is 222 g/mol. The number of carbonyl (C=O) groups excluding carboxylic acids is 2. The molecule has 5 heteroatoms. The van der Waals surface area contributed by atoms with Crippen LogP contribution in [0, 0.1) is 0 Å². The number of nitrogens with zero attached hydrogens (tertiary/aromatic N) is 1. The van der Waals surface area contributed by atoms with Crippen molar-refractivity contribution < 1.29 is 14.3 Å². The Labute approximate surface area is 93.8 Å². The van der Waals surface area contributed by atoms with E-state index in [1.54, 1.807) is 39.1 Å². The first kappa shape index (κ1) is 12.2. The molecule has 1 aromatic heterocycles. The lowest BCUT2D eigenvalue weighted by molar-refractivity contribution is 0.0508. The molecular formula is C11H14N2O3. The molecule has 1 N–H and O–H groups in total. The SMILES string of the molecule is CC(C)(C)OC(=O)NC(=O)c1cccnc1. The van der Waals surface area contributed by atoms with Crippen molar-refractivity contribution in [2.24, 2.45) is 0 Å². The van der Waals surface area contributed by atoms with Crippen molar-refractivity contribution in [2.75, 3.05) is 0 Å². The van der Waals surface area contributed by atoms with Gasteiger partial charge in [-0.05, 0) is 32.9 Å². The number of pyridine rings is 1. The molecule has 0 bridgehead atoms. The zero-order valence-corrected chi connectivity index (χ0v) is 9.48. The van der Waals surface area contributed by atoms with Crippen LogP contribution in [-0.2, 0) is 4.74 Å². The fourth-order valence-corrected chi connectivity index (χ4v) is 0.966. The Bertz CT molecular complexity index is 382. The quantitative estimate of drug-likeness (QED) is 0.785. The van der Waals surface area contributed by atoms with Gasteiger partial charge in [0.05, 0.1) is 5.56 Å². The van der Waals surface area contributed by atoms with E-state index in [0.29, 0.717) is 5.56 Å². The Kier molecular flexibility index (Phi) is 3.60. The first-order valence-corrected chi connectivity index (χ1v) is 4.83. The van der Waals surface area contributed by atoms with Crippen LogP contribution in [0.5, 0.6) is 0 Å². The van der Waals surface area contributed by atoms with Gasteiger partial charge in [-0.2, -0.15) is 0 Å². The van der Waals surface area contributed by atoms with Gasteiger partial charge in [-0.15, -0.1) is 0 Å². The maximum atomic E-state index is 11.5. The fraction of sp³-hybridized carbons (Fsp3) is 0.364. The summed E-state index contributed by atoms with van der Waals surface area (Å²) in [5, 5.41) is 2.11. The minimum atomic E-state index is -0.763. The molecule has 1 heterocycles. The Hall–Kier alpha value is -1.91. The number of rotatable bonds is 1. The summed E-state index contributed by atoms with van der Waals surface area (Å²) in [6, 6.07) is 3.18. The molecule has 0 saturated carbocycles. The first-order valence-electron chi connectivity index (χ1n) is 4.83. The first-order chi connectivity index (χ1) is 7.38. The molecule has 1 aromatic rings. The summed E-state index contributed by atoms with van der Waals surface area (Å²) in [4.78, 5) is 26.5. The highest BCUT2D eigenvalue weighted by atomic mass is 16.6. The van der Waals surface area contributed by atoms with Gasteiger partial charge in [0.25, 0.3) is 5.91 Å². The van der Waals surface area contributed by atoms with Crippen LogP contribution in [-0.4, -0.2) is 22.6 Å². The predicted molar refractivity (Wildman–Crippen MR) is 57.9 cm³/mol. The van der Waals surface area contributed by atoms with Gasteiger partial charge in [-0.3, -0.25) is 15.1 Å². The van der Waals surface area contributed by atoms with E-state index in [-0.39, 0.29) is 0 Å². The molecule has 0 aliphatic carbocycles. The van der Waals surface area contributed by atoms with E-state index in [1.807, 2.05) is 0 Å². The Balaban J connectivity index is 2.56. The number of nitrogens with one attached hydrogen (secondary N) is 1. The third kappa shape index (κ3) is 4.08. The molecule has 1 rings (SSSR count). The molecule has 2 amide bonds. The standard InChI is InChI=1S/C11H14N2O3/c1-11(2,3)16-10(15)13-9(14)8-5-4-6-12-7-8/h4-7H,1-3H3,(H,13,14,15). The van der Waals surface area contributed by atoms with Crippen molar-refractivity contribution in [3.8, 4) is 0 Å². The zero-order chi connectivity index (χ0) is 12.2. The highest BCUT2D eigenvalue weighted by molar-refractivity contribution is 6.02. The minimum Gasteiger partial charge on any atom is -0.444 e. The molecule has 16 heavy (non-hydrogen) atoms. The minimum absolute atomic E-state index is 0.313. The van der Waals surface area contributed by atoms with E-state index in [2.05, 4.69) is 10.3 Å². The Morgan fingerprint density at radius 2 is 2.06 bits per heavy atom. The summed E-state index contributed by atoms with van der Waals surface area (Å²) in [5.41, 5.74) is -0.312. The summed E-state index contributed by atoms with van der Waals surface area (Å²) in [6.45, 7) is 5.17. The van der Waals surface area contributed by atoms with Gasteiger partial charge in [0.2, 0.25) is 0 Å². The van der Waals surface area contributed by atoms with Crippen molar-refractivity contribution in [2.45, 2.75) is 26.4 Å². The van der Waals surface area contributed by atoms with Gasteiger partial charge in [0.1, 0.15) is 5.60 Å². The van der Waals surface area contributed by atoms with E-state index < -0.39 is 17.6 Å². The molecule has 0 atom stereocenters. The van der Waals surface area contributed by atoms with Gasteiger partial charge in [-0.1, -0.05) is 0 Å². The van der Waals surface area contributed by atoms with Gasteiger partial charge < -0.3 is 4.74 Å². The van der Waals surface area contributed by atoms with Crippen molar-refractivity contribution in [1.29, 1.82) is 0 Å². The van der Waals surface area contributed by atoms with E-state index >= 15 is 0 Å². The number of hydrogen-bond donors (Lipinski definition) is 1. The topological polar surface area (TPSA) is 68.3 Å². The van der Waals surface area contributed by atoms with Gasteiger partial charge in [-0.25, -0.2) is 4.79 Å². The maximum Gasteiger partial charge on any atom is 0.414 e. The number of amides is 2. The van der Waals surface area contributed by atoms with Gasteiger partial charge in [0, 0.05) is 12.4 Å². The molecule has 0 saturated heterocycles. The molecular weight excluding hydrogens is 208 g/mol. The van der Waals surface area contributed by atoms with E-state index in [1.165, 1.54) is 6.20 Å². The van der Waals surface area contributed by atoms with Crippen LogP contribution in [0.2, 0.25) is 0 Å². The second-order valence-electron chi connectivity index (χ2n) is 4.20. The molecule has 0 aromatic carbocycles. The van der Waals surface area contributed by atoms with Gasteiger partial charge >= 0.3 is 6.09 Å². The monoisotopic (exact) mass is 222 g/mol. The molecule has 0 radical (unpaired) electrons. The normalized spacial score (nSPS) is 10.7. The highest BCUT2D eigenvalue weighted by Gasteiger charge is 2.18. The van der Waals surface area contributed by atoms with Crippen LogP contribution in [0.3, 0.4) is 0 Å². The van der Waals surface area contributed by atoms with E-state index in [0.717, 1.165) is 0 Å².